The van der Waals surface area contributed by atoms with Crippen LogP contribution >= 0.6 is 12.2 Å². The van der Waals surface area contributed by atoms with E-state index in [9.17, 15) is 13.2 Å². The van der Waals surface area contributed by atoms with E-state index in [1.54, 1.807) is 28.6 Å². The summed E-state index contributed by atoms with van der Waals surface area (Å²) in [5.74, 6) is 0.431. The monoisotopic (exact) mass is 383 g/mol. The van der Waals surface area contributed by atoms with Crippen molar-refractivity contribution in [3.05, 3.63) is 24.3 Å². The maximum absolute atomic E-state index is 12.7. The lowest BCUT2D eigenvalue weighted by atomic mass is 10.0. The molecule has 1 aromatic carbocycles. The van der Waals surface area contributed by atoms with Gasteiger partial charge in [-0.25, -0.2) is 8.42 Å². The minimum absolute atomic E-state index is 0.140. The maximum atomic E-state index is 12.7. The van der Waals surface area contributed by atoms with Gasteiger partial charge in [0.2, 0.25) is 15.9 Å². The fraction of sp³-hybridized carbons (Fsp3) is 0.529. The van der Waals surface area contributed by atoms with E-state index in [0.29, 0.717) is 31.1 Å². The quantitative estimate of drug-likeness (QED) is 0.765. The first-order chi connectivity index (χ1) is 11.8. The Morgan fingerprint density at radius 1 is 1.24 bits per heavy atom. The third-order valence-electron chi connectivity index (χ3n) is 4.22. The van der Waals surface area contributed by atoms with Gasteiger partial charge in [0.25, 0.3) is 0 Å². The van der Waals surface area contributed by atoms with Crippen molar-refractivity contribution >= 4 is 38.9 Å². The Labute approximate surface area is 155 Å². The Morgan fingerprint density at radius 3 is 2.40 bits per heavy atom. The molecule has 2 N–H and O–H groups in total. The highest BCUT2D eigenvalue weighted by molar-refractivity contribution is 7.89. The van der Waals surface area contributed by atoms with Crippen molar-refractivity contribution in [3.8, 4) is 0 Å². The zero-order valence-corrected chi connectivity index (χ0v) is 16.3. The number of benzene rings is 1. The van der Waals surface area contributed by atoms with Gasteiger partial charge in [0.15, 0.2) is 5.11 Å². The smallest absolute Gasteiger partial charge is 0.243 e. The van der Waals surface area contributed by atoms with Crippen LogP contribution in [0.1, 0.15) is 39.5 Å². The summed E-state index contributed by atoms with van der Waals surface area (Å²) in [6.07, 6.45) is 2.94. The van der Waals surface area contributed by atoms with E-state index < -0.39 is 10.0 Å². The number of thiocarbonyl (C=S) groups is 1. The fourth-order valence-electron chi connectivity index (χ4n) is 2.66. The van der Waals surface area contributed by atoms with Crippen molar-refractivity contribution < 1.29 is 13.2 Å². The number of hydrogen-bond donors (Lipinski definition) is 2. The van der Waals surface area contributed by atoms with Crippen LogP contribution < -0.4 is 10.6 Å². The first kappa shape index (κ1) is 19.8. The molecular weight excluding hydrogens is 358 g/mol. The molecule has 6 nitrogen and oxygen atoms in total. The average molecular weight is 384 g/mol. The molecule has 1 aromatic rings. The second-order valence-electron chi connectivity index (χ2n) is 6.36. The van der Waals surface area contributed by atoms with Gasteiger partial charge < -0.3 is 10.6 Å². The zero-order chi connectivity index (χ0) is 18.4. The van der Waals surface area contributed by atoms with E-state index in [-0.39, 0.29) is 15.9 Å². The van der Waals surface area contributed by atoms with Gasteiger partial charge in [-0.15, -0.1) is 0 Å². The highest BCUT2D eigenvalue weighted by Crippen LogP contribution is 2.24. The molecule has 0 aliphatic carbocycles. The van der Waals surface area contributed by atoms with E-state index in [1.165, 1.54) is 0 Å². The van der Waals surface area contributed by atoms with Crippen LogP contribution in [0.3, 0.4) is 0 Å². The number of anilines is 1. The van der Waals surface area contributed by atoms with Gasteiger partial charge in [0, 0.05) is 25.2 Å². The van der Waals surface area contributed by atoms with E-state index in [0.717, 1.165) is 19.3 Å². The lowest BCUT2D eigenvalue weighted by molar-refractivity contribution is -0.119. The van der Waals surface area contributed by atoms with Crippen LogP contribution in [-0.4, -0.2) is 36.8 Å². The molecule has 1 heterocycles. The second kappa shape index (κ2) is 8.73. The molecule has 1 fully saturated rings. The number of nitrogens with one attached hydrogen (secondary N) is 2. The van der Waals surface area contributed by atoms with E-state index in [4.69, 9.17) is 12.2 Å². The summed E-state index contributed by atoms with van der Waals surface area (Å²) in [7, 11) is -3.45. The van der Waals surface area contributed by atoms with E-state index in [2.05, 4.69) is 17.6 Å². The minimum Gasteiger partial charge on any atom is -0.332 e. The lowest BCUT2D eigenvalue weighted by Crippen LogP contribution is -2.37. The number of carbonyl (C=O) groups excluding carboxylic acids is 1. The van der Waals surface area contributed by atoms with Gasteiger partial charge in [-0.3, -0.25) is 4.79 Å². The molecule has 0 unspecified atom stereocenters. The molecule has 1 saturated heterocycles. The van der Waals surface area contributed by atoms with Crippen LogP contribution in [0.4, 0.5) is 5.69 Å². The number of carbonyl (C=O) groups is 1. The van der Waals surface area contributed by atoms with E-state index >= 15 is 0 Å². The van der Waals surface area contributed by atoms with Crippen molar-refractivity contribution in [1.82, 2.24) is 9.62 Å². The molecule has 1 amide bonds. The SMILES string of the molecule is CCCC(=O)NC(=S)Nc1ccc(S(=O)(=O)N2CCC(C)CC2)cc1. The standard InChI is InChI=1S/C17H25N3O3S2/c1-3-4-16(21)19-17(24)18-14-5-7-15(8-6-14)25(22,23)20-11-9-13(2)10-12-20/h5-8,13H,3-4,9-12H2,1-2H3,(H2,18,19,21,24). The Hall–Kier alpha value is -1.51. The molecular formula is C17H25N3O3S2. The van der Waals surface area contributed by atoms with Crippen molar-refractivity contribution in [2.45, 2.75) is 44.4 Å². The Bertz CT molecular complexity index is 709. The van der Waals surface area contributed by atoms with Crippen molar-refractivity contribution in [2.24, 2.45) is 5.92 Å². The van der Waals surface area contributed by atoms with Crippen LogP contribution in [0.15, 0.2) is 29.2 Å². The summed E-state index contributed by atoms with van der Waals surface area (Å²) >= 11 is 5.08. The van der Waals surface area contributed by atoms with Gasteiger partial charge in [0.05, 0.1) is 4.90 Å². The number of sulfonamides is 1. The Kier molecular flexibility index (Phi) is 6.92. The third kappa shape index (κ3) is 5.49. The van der Waals surface area contributed by atoms with Gasteiger partial charge in [-0.2, -0.15) is 4.31 Å². The molecule has 0 saturated carbocycles. The number of nitrogens with zero attached hydrogens (tertiary/aromatic N) is 1. The first-order valence-electron chi connectivity index (χ1n) is 8.54. The van der Waals surface area contributed by atoms with Crippen molar-refractivity contribution in [2.75, 3.05) is 18.4 Å². The molecule has 1 aliphatic heterocycles. The van der Waals surface area contributed by atoms with E-state index in [1.807, 2.05) is 6.92 Å². The molecule has 1 aliphatic rings. The van der Waals surface area contributed by atoms with Crippen LogP contribution in [0.25, 0.3) is 0 Å². The van der Waals surface area contributed by atoms with Gasteiger partial charge in [-0.1, -0.05) is 13.8 Å². The predicted octanol–water partition coefficient (Wildman–Crippen LogP) is 2.72. The zero-order valence-electron chi connectivity index (χ0n) is 14.6. The molecule has 2 rings (SSSR count). The molecule has 0 bridgehead atoms. The first-order valence-corrected chi connectivity index (χ1v) is 10.4. The highest BCUT2D eigenvalue weighted by Gasteiger charge is 2.27. The van der Waals surface area contributed by atoms with Crippen molar-refractivity contribution in [3.63, 3.8) is 0 Å². The summed E-state index contributed by atoms with van der Waals surface area (Å²) in [4.78, 5) is 11.8. The molecule has 0 aromatic heterocycles. The lowest BCUT2D eigenvalue weighted by Gasteiger charge is -2.29. The van der Waals surface area contributed by atoms with Crippen LogP contribution in [-0.2, 0) is 14.8 Å². The third-order valence-corrected chi connectivity index (χ3v) is 6.34. The largest absolute Gasteiger partial charge is 0.332 e. The second-order valence-corrected chi connectivity index (χ2v) is 8.71. The molecule has 8 heteroatoms. The number of amides is 1. The summed E-state index contributed by atoms with van der Waals surface area (Å²) in [6, 6.07) is 6.42. The number of hydrogen-bond acceptors (Lipinski definition) is 4. The topological polar surface area (TPSA) is 78.5 Å². The summed E-state index contributed by atoms with van der Waals surface area (Å²) in [5, 5.41) is 5.68. The average Bonchev–Trinajstić information content (AvgIpc) is 2.55. The van der Waals surface area contributed by atoms with Gasteiger partial charge in [-0.05, 0) is 61.7 Å². The Balaban J connectivity index is 1.99. The summed E-state index contributed by atoms with van der Waals surface area (Å²) in [5.41, 5.74) is 0.632. The van der Waals surface area contributed by atoms with Crippen LogP contribution in [0.5, 0.6) is 0 Å². The predicted molar refractivity (Wildman–Crippen MR) is 103 cm³/mol. The van der Waals surface area contributed by atoms with Crippen molar-refractivity contribution in [1.29, 1.82) is 0 Å². The minimum atomic E-state index is -3.45. The van der Waals surface area contributed by atoms with Crippen LogP contribution in [0, 0.1) is 5.92 Å². The van der Waals surface area contributed by atoms with Crippen LogP contribution in [0.2, 0.25) is 0 Å². The molecule has 0 radical (unpaired) electrons. The summed E-state index contributed by atoms with van der Waals surface area (Å²) in [6.45, 7) is 5.19. The van der Waals surface area contributed by atoms with Gasteiger partial charge in [0.1, 0.15) is 0 Å². The Morgan fingerprint density at radius 2 is 1.84 bits per heavy atom. The molecule has 25 heavy (non-hydrogen) atoms. The summed E-state index contributed by atoms with van der Waals surface area (Å²) < 4.78 is 26.9. The normalized spacial score (nSPS) is 16.4. The fourth-order valence-corrected chi connectivity index (χ4v) is 4.36. The number of rotatable bonds is 5. The van der Waals surface area contributed by atoms with Gasteiger partial charge >= 0.3 is 0 Å². The number of piperidine rings is 1. The molecule has 0 spiro atoms. The highest BCUT2D eigenvalue weighted by atomic mass is 32.2. The molecule has 138 valence electrons. The maximum Gasteiger partial charge on any atom is 0.243 e. The molecule has 0 atom stereocenters.